The molecule has 1 aliphatic carbocycles. The summed E-state index contributed by atoms with van der Waals surface area (Å²) in [6.07, 6.45) is 6.10. The minimum atomic E-state index is -0.472. The Morgan fingerprint density at radius 3 is 2.54 bits per heavy atom. The summed E-state index contributed by atoms with van der Waals surface area (Å²) in [5.74, 6) is -0.165. The molecule has 8 nitrogen and oxygen atoms in total. The number of carbonyl (C=O) groups excluding carboxylic acids is 2. The van der Waals surface area contributed by atoms with Crippen LogP contribution >= 0.6 is 0 Å². The molecule has 2 aromatic heterocycles. The molecule has 2 amide bonds. The van der Waals surface area contributed by atoms with Gasteiger partial charge in [-0.3, -0.25) is 9.59 Å². The van der Waals surface area contributed by atoms with E-state index in [1.165, 1.54) is 0 Å². The summed E-state index contributed by atoms with van der Waals surface area (Å²) in [5, 5.41) is 6.69. The molecular formula is C20H22N6O2. The standard InChI is InChI=1S/C20H22N6O2/c1-22-19(28)16-10-13-11-23-20(24-14-8-6-12(7-9-14)17(21)27)25-18(13)26(16)15-4-2-3-5-15/h6-11,15H,2-5H2,1H3,(H2,21,27)(H,22,28)(H,23,24,25). The summed E-state index contributed by atoms with van der Waals surface area (Å²) in [6.45, 7) is 0. The van der Waals surface area contributed by atoms with E-state index in [0.29, 0.717) is 17.2 Å². The number of nitrogens with one attached hydrogen (secondary N) is 2. The van der Waals surface area contributed by atoms with E-state index in [0.717, 1.165) is 42.4 Å². The molecule has 0 aliphatic heterocycles. The molecule has 0 unspecified atom stereocenters. The van der Waals surface area contributed by atoms with E-state index in [-0.39, 0.29) is 11.9 Å². The van der Waals surface area contributed by atoms with Crippen LogP contribution in [0.1, 0.15) is 52.6 Å². The van der Waals surface area contributed by atoms with Crippen LogP contribution in [0.15, 0.2) is 36.5 Å². The van der Waals surface area contributed by atoms with E-state index in [9.17, 15) is 9.59 Å². The normalized spacial score (nSPS) is 14.3. The average Bonchev–Trinajstić information content (AvgIpc) is 3.34. The summed E-state index contributed by atoms with van der Waals surface area (Å²) in [4.78, 5) is 32.6. The smallest absolute Gasteiger partial charge is 0.267 e. The van der Waals surface area contributed by atoms with Crippen molar-refractivity contribution in [1.82, 2.24) is 19.9 Å². The summed E-state index contributed by atoms with van der Waals surface area (Å²) in [7, 11) is 1.63. The summed E-state index contributed by atoms with van der Waals surface area (Å²) < 4.78 is 2.05. The van der Waals surface area contributed by atoms with Crippen molar-refractivity contribution in [2.24, 2.45) is 5.73 Å². The molecule has 4 N–H and O–H groups in total. The maximum absolute atomic E-state index is 12.4. The SMILES string of the molecule is CNC(=O)c1cc2cnc(Nc3ccc(C(N)=O)cc3)nc2n1C1CCCC1. The first-order valence-electron chi connectivity index (χ1n) is 9.34. The highest BCUT2D eigenvalue weighted by molar-refractivity contribution is 5.98. The van der Waals surface area contributed by atoms with Crippen molar-refractivity contribution in [1.29, 1.82) is 0 Å². The molecule has 2 heterocycles. The lowest BCUT2D eigenvalue weighted by Crippen LogP contribution is -2.23. The number of aromatic nitrogens is 3. The minimum Gasteiger partial charge on any atom is -0.366 e. The number of amides is 2. The van der Waals surface area contributed by atoms with Crippen LogP contribution in [0.4, 0.5) is 11.6 Å². The third-order valence-electron chi connectivity index (χ3n) is 5.15. The first kappa shape index (κ1) is 18.0. The number of primary amides is 1. The number of benzene rings is 1. The average molecular weight is 378 g/mol. The predicted molar refractivity (Wildman–Crippen MR) is 107 cm³/mol. The van der Waals surface area contributed by atoms with Crippen molar-refractivity contribution >= 4 is 34.5 Å². The second-order valence-corrected chi connectivity index (χ2v) is 6.96. The van der Waals surface area contributed by atoms with Crippen molar-refractivity contribution in [3.05, 3.63) is 47.8 Å². The molecular weight excluding hydrogens is 356 g/mol. The highest BCUT2D eigenvalue weighted by Crippen LogP contribution is 2.34. The number of nitrogens with two attached hydrogens (primary N) is 1. The molecule has 0 bridgehead atoms. The molecule has 28 heavy (non-hydrogen) atoms. The molecule has 0 saturated heterocycles. The molecule has 144 valence electrons. The van der Waals surface area contributed by atoms with E-state index in [4.69, 9.17) is 5.73 Å². The zero-order valence-electron chi connectivity index (χ0n) is 15.6. The van der Waals surface area contributed by atoms with E-state index in [1.807, 2.05) is 10.6 Å². The van der Waals surface area contributed by atoms with Gasteiger partial charge in [0.05, 0.1) is 0 Å². The fourth-order valence-electron chi connectivity index (χ4n) is 3.75. The zero-order valence-corrected chi connectivity index (χ0v) is 15.6. The van der Waals surface area contributed by atoms with E-state index < -0.39 is 5.91 Å². The summed E-state index contributed by atoms with van der Waals surface area (Å²) >= 11 is 0. The van der Waals surface area contributed by atoms with Crippen LogP contribution in [-0.2, 0) is 0 Å². The Kier molecular flexibility index (Phi) is 4.68. The second-order valence-electron chi connectivity index (χ2n) is 6.96. The van der Waals surface area contributed by atoms with Gasteiger partial charge in [-0.25, -0.2) is 4.98 Å². The Morgan fingerprint density at radius 2 is 1.89 bits per heavy atom. The van der Waals surface area contributed by atoms with Crippen molar-refractivity contribution in [2.75, 3.05) is 12.4 Å². The maximum Gasteiger partial charge on any atom is 0.267 e. The Hall–Kier alpha value is -3.42. The summed E-state index contributed by atoms with van der Waals surface area (Å²) in [5.41, 5.74) is 7.82. The summed E-state index contributed by atoms with van der Waals surface area (Å²) in [6, 6.07) is 8.90. The van der Waals surface area contributed by atoms with Crippen LogP contribution < -0.4 is 16.4 Å². The molecule has 8 heteroatoms. The number of hydrogen-bond acceptors (Lipinski definition) is 5. The Balaban J connectivity index is 1.72. The number of fused-ring (bicyclic) bond motifs is 1. The van der Waals surface area contributed by atoms with Crippen LogP contribution in [0.25, 0.3) is 11.0 Å². The number of hydrogen-bond donors (Lipinski definition) is 3. The largest absolute Gasteiger partial charge is 0.366 e. The first-order valence-corrected chi connectivity index (χ1v) is 9.34. The van der Waals surface area contributed by atoms with Gasteiger partial charge in [-0.1, -0.05) is 12.8 Å². The maximum atomic E-state index is 12.4. The van der Waals surface area contributed by atoms with Gasteiger partial charge in [-0.15, -0.1) is 0 Å². The first-order chi connectivity index (χ1) is 13.6. The Bertz CT molecular complexity index is 1030. The third kappa shape index (κ3) is 3.28. The fourth-order valence-corrected chi connectivity index (χ4v) is 3.75. The van der Waals surface area contributed by atoms with Gasteiger partial charge in [0.1, 0.15) is 11.3 Å². The molecule has 3 aromatic rings. The van der Waals surface area contributed by atoms with Gasteiger partial charge in [0, 0.05) is 35.9 Å². The van der Waals surface area contributed by atoms with Gasteiger partial charge in [0.25, 0.3) is 5.91 Å². The van der Waals surface area contributed by atoms with Crippen molar-refractivity contribution < 1.29 is 9.59 Å². The molecule has 0 radical (unpaired) electrons. The van der Waals surface area contributed by atoms with Gasteiger partial charge < -0.3 is 20.9 Å². The molecule has 4 rings (SSSR count). The van der Waals surface area contributed by atoms with E-state index in [2.05, 4.69) is 20.6 Å². The second kappa shape index (κ2) is 7.30. The van der Waals surface area contributed by atoms with E-state index in [1.54, 1.807) is 37.5 Å². The predicted octanol–water partition coefficient (Wildman–Crippen LogP) is 2.75. The molecule has 0 atom stereocenters. The topological polar surface area (TPSA) is 115 Å². The van der Waals surface area contributed by atoms with E-state index >= 15 is 0 Å². The van der Waals surface area contributed by atoms with Gasteiger partial charge >= 0.3 is 0 Å². The van der Waals surface area contributed by atoms with Gasteiger partial charge in [-0.05, 0) is 43.2 Å². The van der Waals surface area contributed by atoms with Crippen LogP contribution in [-0.4, -0.2) is 33.4 Å². The van der Waals surface area contributed by atoms with Gasteiger partial charge in [-0.2, -0.15) is 4.98 Å². The number of anilines is 2. The minimum absolute atomic E-state index is 0.124. The highest BCUT2D eigenvalue weighted by atomic mass is 16.2. The van der Waals surface area contributed by atoms with Crippen LogP contribution in [0, 0.1) is 0 Å². The Labute approximate surface area is 162 Å². The fraction of sp³-hybridized carbons (Fsp3) is 0.300. The van der Waals surface area contributed by atoms with Crippen molar-refractivity contribution in [3.8, 4) is 0 Å². The lowest BCUT2D eigenvalue weighted by molar-refractivity contribution is 0.0951. The molecule has 0 spiro atoms. The Morgan fingerprint density at radius 1 is 1.18 bits per heavy atom. The van der Waals surface area contributed by atoms with Gasteiger partial charge in [0.2, 0.25) is 11.9 Å². The molecule has 1 aliphatic rings. The van der Waals surface area contributed by atoms with Crippen molar-refractivity contribution in [2.45, 2.75) is 31.7 Å². The van der Waals surface area contributed by atoms with Gasteiger partial charge in [0.15, 0.2) is 0 Å². The third-order valence-corrected chi connectivity index (χ3v) is 5.15. The highest BCUT2D eigenvalue weighted by Gasteiger charge is 2.25. The van der Waals surface area contributed by atoms with Crippen LogP contribution in [0.5, 0.6) is 0 Å². The van der Waals surface area contributed by atoms with Crippen LogP contribution in [0.2, 0.25) is 0 Å². The number of carbonyl (C=O) groups is 2. The molecule has 1 fully saturated rings. The molecule has 1 aromatic carbocycles. The van der Waals surface area contributed by atoms with Crippen LogP contribution in [0.3, 0.4) is 0 Å². The number of rotatable bonds is 5. The monoisotopic (exact) mass is 378 g/mol. The number of nitrogens with zero attached hydrogens (tertiary/aromatic N) is 3. The lowest BCUT2D eigenvalue weighted by Gasteiger charge is -2.16. The zero-order chi connectivity index (χ0) is 19.7. The molecule has 1 saturated carbocycles. The van der Waals surface area contributed by atoms with Crippen molar-refractivity contribution in [3.63, 3.8) is 0 Å². The lowest BCUT2D eigenvalue weighted by atomic mass is 10.2. The quantitative estimate of drug-likeness (QED) is 0.631.